The van der Waals surface area contributed by atoms with Crippen molar-refractivity contribution in [1.82, 2.24) is 4.98 Å². The number of fused-ring (bicyclic) bond motifs is 1. The van der Waals surface area contributed by atoms with Crippen molar-refractivity contribution in [2.45, 2.75) is 6.92 Å². The van der Waals surface area contributed by atoms with Gasteiger partial charge in [0.2, 0.25) is 0 Å². The highest BCUT2D eigenvalue weighted by Crippen LogP contribution is 2.23. The minimum absolute atomic E-state index is 1.04. The van der Waals surface area contributed by atoms with Gasteiger partial charge in [0.05, 0.1) is 11.2 Å². The second-order valence-corrected chi connectivity index (χ2v) is 4.21. The third kappa shape index (κ3) is 1.80. The van der Waals surface area contributed by atoms with E-state index in [4.69, 9.17) is 4.98 Å². The van der Waals surface area contributed by atoms with Gasteiger partial charge in [0.15, 0.2) is 0 Å². The van der Waals surface area contributed by atoms with Gasteiger partial charge in [0.25, 0.3) is 0 Å². The zero-order chi connectivity index (χ0) is 11.7. The van der Waals surface area contributed by atoms with E-state index in [0.29, 0.717) is 0 Å². The number of aryl methyl sites for hydroxylation is 1. The van der Waals surface area contributed by atoms with E-state index in [1.165, 1.54) is 16.5 Å². The van der Waals surface area contributed by atoms with Gasteiger partial charge >= 0.3 is 0 Å². The van der Waals surface area contributed by atoms with Crippen molar-refractivity contribution < 1.29 is 0 Å². The molecule has 0 aliphatic rings. The number of nitrogens with zero attached hydrogens (tertiary/aromatic N) is 1. The fraction of sp³-hybridized carbons (Fsp3) is 0.0625. The van der Waals surface area contributed by atoms with Crippen LogP contribution >= 0.6 is 0 Å². The molecule has 1 heteroatoms. The molecule has 0 aliphatic heterocycles. The molecule has 0 saturated heterocycles. The van der Waals surface area contributed by atoms with Crippen LogP contribution in [0.1, 0.15) is 5.56 Å². The van der Waals surface area contributed by atoms with E-state index in [-0.39, 0.29) is 0 Å². The van der Waals surface area contributed by atoms with Crippen LogP contribution in [0.4, 0.5) is 0 Å². The first kappa shape index (κ1) is 10.0. The van der Waals surface area contributed by atoms with Crippen LogP contribution in [0.5, 0.6) is 0 Å². The van der Waals surface area contributed by atoms with Crippen molar-refractivity contribution in [2.24, 2.45) is 0 Å². The molecule has 0 aliphatic carbocycles. The lowest BCUT2D eigenvalue weighted by molar-refractivity contribution is 1.36. The Morgan fingerprint density at radius 1 is 0.824 bits per heavy atom. The summed E-state index contributed by atoms with van der Waals surface area (Å²) in [5.74, 6) is 0. The maximum absolute atomic E-state index is 4.71. The van der Waals surface area contributed by atoms with E-state index in [9.17, 15) is 0 Å². The highest BCUT2D eigenvalue weighted by atomic mass is 14.7. The first-order valence-electron chi connectivity index (χ1n) is 5.76. The van der Waals surface area contributed by atoms with Crippen molar-refractivity contribution in [1.29, 1.82) is 0 Å². The predicted octanol–water partition coefficient (Wildman–Crippen LogP) is 4.21. The van der Waals surface area contributed by atoms with Crippen LogP contribution in [-0.4, -0.2) is 4.98 Å². The largest absolute Gasteiger partial charge is 0.248 e. The van der Waals surface area contributed by atoms with Crippen LogP contribution in [0.25, 0.3) is 22.2 Å². The molecule has 0 amide bonds. The van der Waals surface area contributed by atoms with Gasteiger partial charge in [0, 0.05) is 10.9 Å². The molecule has 0 atom stereocenters. The molecule has 2 aromatic carbocycles. The highest BCUT2D eigenvalue weighted by Gasteiger charge is 2.03. The minimum atomic E-state index is 1.04. The number of pyridine rings is 1. The van der Waals surface area contributed by atoms with Gasteiger partial charge in [-0.25, -0.2) is 4.98 Å². The standard InChI is InChI=1S/C16H13N/c1-12-11-16(13-7-3-2-4-8-13)17-15-10-6-5-9-14(12)15/h2-11H,1H3. The monoisotopic (exact) mass is 219 g/mol. The van der Waals surface area contributed by atoms with Gasteiger partial charge in [-0.2, -0.15) is 0 Å². The molecule has 1 heterocycles. The molecule has 1 nitrogen and oxygen atoms in total. The van der Waals surface area contributed by atoms with Crippen LogP contribution in [0.3, 0.4) is 0 Å². The molecule has 0 N–H and O–H groups in total. The van der Waals surface area contributed by atoms with Gasteiger partial charge in [-0.05, 0) is 24.6 Å². The molecule has 3 rings (SSSR count). The normalized spacial score (nSPS) is 10.6. The Morgan fingerprint density at radius 2 is 1.53 bits per heavy atom. The quantitative estimate of drug-likeness (QED) is 0.597. The molecule has 0 fully saturated rings. The summed E-state index contributed by atoms with van der Waals surface area (Å²) in [6.45, 7) is 2.14. The third-order valence-corrected chi connectivity index (χ3v) is 2.99. The van der Waals surface area contributed by atoms with E-state index in [2.05, 4.69) is 43.3 Å². The van der Waals surface area contributed by atoms with E-state index in [0.717, 1.165) is 11.2 Å². The Bertz CT molecular complexity index is 657. The molecule has 0 spiro atoms. The third-order valence-electron chi connectivity index (χ3n) is 2.99. The fourth-order valence-electron chi connectivity index (χ4n) is 2.11. The molecule has 0 radical (unpaired) electrons. The lowest BCUT2D eigenvalue weighted by atomic mass is 10.1. The Hall–Kier alpha value is -2.15. The SMILES string of the molecule is Cc1cc(-c2ccccc2)nc2ccccc12. The highest BCUT2D eigenvalue weighted by molar-refractivity contribution is 5.84. The Labute approximate surface area is 101 Å². The van der Waals surface area contributed by atoms with E-state index >= 15 is 0 Å². The average Bonchev–Trinajstić information content (AvgIpc) is 2.40. The molecule has 3 aromatic rings. The van der Waals surface area contributed by atoms with Gasteiger partial charge in [0.1, 0.15) is 0 Å². The first-order valence-corrected chi connectivity index (χ1v) is 5.76. The fourth-order valence-corrected chi connectivity index (χ4v) is 2.11. The van der Waals surface area contributed by atoms with Gasteiger partial charge < -0.3 is 0 Å². The summed E-state index contributed by atoms with van der Waals surface area (Å²) in [5, 5.41) is 1.23. The van der Waals surface area contributed by atoms with E-state index in [1.807, 2.05) is 24.3 Å². The number of benzene rings is 2. The summed E-state index contributed by atoms with van der Waals surface area (Å²) < 4.78 is 0. The Balaban J connectivity index is 2.26. The van der Waals surface area contributed by atoms with E-state index < -0.39 is 0 Å². The van der Waals surface area contributed by atoms with Gasteiger partial charge in [-0.15, -0.1) is 0 Å². The number of rotatable bonds is 1. The number of para-hydroxylation sites is 1. The molecular weight excluding hydrogens is 206 g/mol. The van der Waals surface area contributed by atoms with Crippen LogP contribution in [0.15, 0.2) is 60.7 Å². The molecular formula is C16H13N. The number of hydrogen-bond donors (Lipinski definition) is 0. The molecule has 0 saturated carbocycles. The summed E-state index contributed by atoms with van der Waals surface area (Å²) in [7, 11) is 0. The maximum Gasteiger partial charge on any atom is 0.0712 e. The summed E-state index contributed by atoms with van der Waals surface area (Å²) in [5.41, 5.74) is 4.55. The van der Waals surface area contributed by atoms with Gasteiger partial charge in [-0.3, -0.25) is 0 Å². The lowest BCUT2D eigenvalue weighted by Gasteiger charge is -2.06. The predicted molar refractivity (Wildman–Crippen MR) is 71.9 cm³/mol. The summed E-state index contributed by atoms with van der Waals surface area (Å²) in [4.78, 5) is 4.71. The Kier molecular flexibility index (Phi) is 2.37. The zero-order valence-corrected chi connectivity index (χ0v) is 9.72. The zero-order valence-electron chi connectivity index (χ0n) is 9.72. The number of hydrogen-bond acceptors (Lipinski definition) is 1. The lowest BCUT2D eigenvalue weighted by Crippen LogP contribution is -1.88. The molecule has 0 unspecified atom stereocenters. The second-order valence-electron chi connectivity index (χ2n) is 4.21. The molecule has 0 bridgehead atoms. The average molecular weight is 219 g/mol. The van der Waals surface area contributed by atoms with E-state index in [1.54, 1.807) is 0 Å². The number of aromatic nitrogens is 1. The smallest absolute Gasteiger partial charge is 0.0712 e. The second kappa shape index (κ2) is 4.02. The van der Waals surface area contributed by atoms with Crippen LogP contribution in [0, 0.1) is 6.92 Å². The van der Waals surface area contributed by atoms with Crippen molar-refractivity contribution in [3.05, 3.63) is 66.2 Å². The Morgan fingerprint density at radius 3 is 2.35 bits per heavy atom. The van der Waals surface area contributed by atoms with Gasteiger partial charge in [-0.1, -0.05) is 48.5 Å². The van der Waals surface area contributed by atoms with Crippen molar-refractivity contribution >= 4 is 10.9 Å². The molecule has 82 valence electrons. The summed E-state index contributed by atoms with van der Waals surface area (Å²) >= 11 is 0. The molecule has 17 heavy (non-hydrogen) atoms. The van der Waals surface area contributed by atoms with Crippen molar-refractivity contribution in [2.75, 3.05) is 0 Å². The maximum atomic E-state index is 4.71. The topological polar surface area (TPSA) is 12.9 Å². The van der Waals surface area contributed by atoms with Crippen LogP contribution < -0.4 is 0 Å². The minimum Gasteiger partial charge on any atom is -0.248 e. The van der Waals surface area contributed by atoms with Crippen molar-refractivity contribution in [3.63, 3.8) is 0 Å². The van der Waals surface area contributed by atoms with Crippen LogP contribution in [0.2, 0.25) is 0 Å². The molecule has 1 aromatic heterocycles. The summed E-state index contributed by atoms with van der Waals surface area (Å²) in [6, 6.07) is 20.7. The van der Waals surface area contributed by atoms with Crippen LogP contribution in [-0.2, 0) is 0 Å². The van der Waals surface area contributed by atoms with Crippen molar-refractivity contribution in [3.8, 4) is 11.3 Å². The summed E-state index contributed by atoms with van der Waals surface area (Å²) in [6.07, 6.45) is 0. The first-order chi connectivity index (χ1) is 8.34.